The predicted molar refractivity (Wildman–Crippen MR) is 333 cm³/mol. The first-order valence-corrected chi connectivity index (χ1v) is 29.2. The molecular formula is C67H62Cl4N6O8. The van der Waals surface area contributed by atoms with Crippen LogP contribution >= 0.6 is 46.4 Å². The Bertz CT molecular complexity index is 3810. The second-order valence-electron chi connectivity index (χ2n) is 21.4. The summed E-state index contributed by atoms with van der Waals surface area (Å²) >= 11 is 27.4. The SMILES string of the molecule is CN=Cc1cncc(COc2cc(OCc3cccc(-c4cccc(COc5cc(OCc6cncc(C=N)c6)c(CN6CC(C(=O)O)C(c7ccccc7Cl)C6)cc5Cl)c4C)c3C)c(Cl)cc2CN2CC(C(=O)O)C(c3ccccc3Cl)C2)c1. The summed E-state index contributed by atoms with van der Waals surface area (Å²) in [6.07, 6.45) is 9.72. The van der Waals surface area contributed by atoms with Crippen LogP contribution in [0.5, 0.6) is 23.0 Å². The van der Waals surface area contributed by atoms with Gasteiger partial charge in [0.25, 0.3) is 0 Å². The van der Waals surface area contributed by atoms with Crippen molar-refractivity contribution in [2.45, 2.75) is 65.2 Å². The quantitative estimate of drug-likeness (QED) is 0.0517. The summed E-state index contributed by atoms with van der Waals surface area (Å²) in [5, 5.41) is 30.2. The van der Waals surface area contributed by atoms with Crippen molar-refractivity contribution in [3.63, 3.8) is 0 Å². The maximum absolute atomic E-state index is 12.6. The van der Waals surface area contributed by atoms with E-state index in [-0.39, 0.29) is 38.3 Å². The van der Waals surface area contributed by atoms with Crippen molar-refractivity contribution in [1.29, 1.82) is 5.41 Å². The molecule has 4 atom stereocenters. The van der Waals surface area contributed by atoms with E-state index in [1.807, 2.05) is 84.9 Å². The first-order chi connectivity index (χ1) is 41.1. The molecule has 0 spiro atoms. The molecule has 0 saturated carbocycles. The molecule has 2 aliphatic heterocycles. The van der Waals surface area contributed by atoms with Gasteiger partial charge in [-0.3, -0.25) is 34.3 Å². The van der Waals surface area contributed by atoms with Gasteiger partial charge in [0, 0.05) is 151 Å². The van der Waals surface area contributed by atoms with Gasteiger partial charge in [-0.1, -0.05) is 119 Å². The van der Waals surface area contributed by atoms with E-state index >= 15 is 0 Å². The molecule has 0 radical (unpaired) electrons. The topological polar surface area (TPSA) is 180 Å². The van der Waals surface area contributed by atoms with E-state index in [2.05, 4.69) is 50.7 Å². The van der Waals surface area contributed by atoms with Gasteiger partial charge in [0.2, 0.25) is 0 Å². The number of rotatable bonds is 23. The fraction of sp³-hybridized carbons (Fsp3) is 0.254. The first kappa shape index (κ1) is 60.3. The summed E-state index contributed by atoms with van der Waals surface area (Å²) in [4.78, 5) is 42.2. The van der Waals surface area contributed by atoms with Crippen LogP contribution in [0.15, 0.2) is 151 Å². The highest BCUT2D eigenvalue weighted by molar-refractivity contribution is 6.33. The van der Waals surface area contributed by atoms with Crippen LogP contribution < -0.4 is 18.9 Å². The summed E-state index contributed by atoms with van der Waals surface area (Å²) < 4.78 is 26.2. The summed E-state index contributed by atoms with van der Waals surface area (Å²) in [6, 6.07) is 38.0. The number of hydrogen-bond acceptors (Lipinski definition) is 12. The number of carboxylic acids is 2. The molecule has 14 nitrogen and oxygen atoms in total. The predicted octanol–water partition coefficient (Wildman–Crippen LogP) is 14.3. The highest BCUT2D eigenvalue weighted by Crippen LogP contribution is 2.43. The van der Waals surface area contributed by atoms with E-state index in [1.165, 1.54) is 6.21 Å². The molecule has 2 aliphatic rings. The molecule has 18 heteroatoms. The van der Waals surface area contributed by atoms with E-state index in [0.29, 0.717) is 87.9 Å². The molecule has 4 unspecified atom stereocenters. The van der Waals surface area contributed by atoms with Gasteiger partial charge >= 0.3 is 11.9 Å². The van der Waals surface area contributed by atoms with Crippen molar-refractivity contribution in [3.8, 4) is 34.1 Å². The lowest BCUT2D eigenvalue weighted by atomic mass is 9.89. The fourth-order valence-corrected chi connectivity index (χ4v) is 12.5. The number of hydrogen-bond donors (Lipinski definition) is 3. The molecule has 8 aromatic rings. The van der Waals surface area contributed by atoms with Crippen LogP contribution in [0.25, 0.3) is 11.1 Å². The Hall–Kier alpha value is -7.82. The number of likely N-dealkylation sites (tertiary alicyclic amines) is 2. The molecule has 2 aromatic heterocycles. The van der Waals surface area contributed by atoms with Crippen LogP contribution in [0.1, 0.15) is 78.6 Å². The summed E-state index contributed by atoms with van der Waals surface area (Å²) in [5.74, 6) is -1.87. The van der Waals surface area contributed by atoms with Crippen LogP contribution in [0.3, 0.4) is 0 Å². The molecule has 2 fully saturated rings. The Morgan fingerprint density at radius 3 is 1.41 bits per heavy atom. The number of carbonyl (C=O) groups is 2. The van der Waals surface area contributed by atoms with Crippen molar-refractivity contribution in [1.82, 2.24) is 19.8 Å². The number of aromatic nitrogens is 2. The minimum absolute atomic E-state index is 0.148. The standard InChI is InChI=1S/C67H62Cl4N6O8/c1-40-46(38-84-64-22-62(82-36-44-18-42(24-72)26-74-28-44)48(20-60(64)70)30-76-32-54(56(34-76)66(78)79)52-12-4-6-16-58(52)68)10-8-14-50(40)51-15-9-11-47(41(51)2)39-85-65-23-63(83-37-45-19-43(25-73-3)27-75-29-45)49(21-61(65)71)31-77-33-55(57(35-77)67(80)81)53-13-5-7-17-59(53)69/h4-29,54-57,72H,30-39H2,1-3H3,(H,78,79)(H,80,81). The molecular weight excluding hydrogens is 1160 g/mol. The third-order valence-corrected chi connectivity index (χ3v) is 17.1. The second-order valence-corrected chi connectivity index (χ2v) is 23.1. The van der Waals surface area contributed by atoms with Crippen molar-refractivity contribution in [2.75, 3.05) is 33.2 Å². The zero-order valence-corrected chi connectivity index (χ0v) is 50.0. The lowest BCUT2D eigenvalue weighted by Crippen LogP contribution is -2.23. The molecule has 85 heavy (non-hydrogen) atoms. The maximum Gasteiger partial charge on any atom is 0.308 e. The molecule has 6 aromatic carbocycles. The van der Waals surface area contributed by atoms with Crippen LogP contribution in [0, 0.1) is 31.1 Å². The summed E-state index contributed by atoms with van der Waals surface area (Å²) in [6.45, 7) is 7.11. The zero-order chi connectivity index (χ0) is 59.7. The monoisotopic (exact) mass is 1220 g/mol. The Morgan fingerprint density at radius 2 is 0.976 bits per heavy atom. The van der Waals surface area contributed by atoms with Gasteiger partial charge in [-0.15, -0.1) is 0 Å². The average Bonchev–Trinajstić information content (AvgIpc) is 4.29. The van der Waals surface area contributed by atoms with Gasteiger partial charge in [0.15, 0.2) is 0 Å². The number of benzene rings is 6. The van der Waals surface area contributed by atoms with Crippen molar-refractivity contribution < 1.29 is 38.7 Å². The largest absolute Gasteiger partial charge is 0.488 e. The van der Waals surface area contributed by atoms with Gasteiger partial charge in [-0.2, -0.15) is 0 Å². The van der Waals surface area contributed by atoms with E-state index in [1.54, 1.807) is 62.3 Å². The lowest BCUT2D eigenvalue weighted by Gasteiger charge is -2.21. The average molecular weight is 1220 g/mol. The van der Waals surface area contributed by atoms with Crippen molar-refractivity contribution in [3.05, 3.63) is 233 Å². The minimum atomic E-state index is -0.889. The minimum Gasteiger partial charge on any atom is -0.488 e. The third kappa shape index (κ3) is 14.3. The van der Waals surface area contributed by atoms with Crippen molar-refractivity contribution in [2.24, 2.45) is 16.8 Å². The highest BCUT2D eigenvalue weighted by Gasteiger charge is 2.41. The first-order valence-electron chi connectivity index (χ1n) is 27.7. The smallest absolute Gasteiger partial charge is 0.308 e. The number of carboxylic acid groups (broad SMARTS) is 2. The van der Waals surface area contributed by atoms with E-state index < -0.39 is 23.8 Å². The molecule has 0 aliphatic carbocycles. The van der Waals surface area contributed by atoms with Crippen LogP contribution in [-0.2, 0) is 49.1 Å². The lowest BCUT2D eigenvalue weighted by molar-refractivity contribution is -0.142. The Labute approximate surface area is 514 Å². The molecule has 4 heterocycles. The molecule has 3 N–H and O–H groups in total. The van der Waals surface area contributed by atoms with E-state index in [0.717, 1.165) is 72.3 Å². The molecule has 0 amide bonds. The summed E-state index contributed by atoms with van der Waals surface area (Å²) in [7, 11) is 1.70. The second kappa shape index (κ2) is 27.5. The van der Waals surface area contributed by atoms with Crippen LogP contribution in [-0.4, -0.2) is 87.6 Å². The normalized spacial score (nSPS) is 17.1. The Balaban J connectivity index is 0.869. The molecule has 436 valence electrons. The Kier molecular flexibility index (Phi) is 19.5. The Morgan fingerprint density at radius 1 is 0.541 bits per heavy atom. The van der Waals surface area contributed by atoms with Gasteiger partial charge < -0.3 is 34.6 Å². The molecule has 2 saturated heterocycles. The number of aliphatic imine (C=N–C) groups is 1. The van der Waals surface area contributed by atoms with Gasteiger partial charge in [0.05, 0.1) is 21.9 Å². The van der Waals surface area contributed by atoms with Gasteiger partial charge in [-0.05, 0) is 94.8 Å². The fourth-order valence-electron chi connectivity index (χ4n) is 11.5. The number of nitrogens with zero attached hydrogens (tertiary/aromatic N) is 5. The maximum atomic E-state index is 12.6. The van der Waals surface area contributed by atoms with Gasteiger partial charge in [-0.25, -0.2) is 0 Å². The summed E-state index contributed by atoms with van der Waals surface area (Å²) in [5.41, 5.74) is 12.1. The van der Waals surface area contributed by atoms with Crippen molar-refractivity contribution >= 4 is 70.8 Å². The number of aliphatic carboxylic acids is 2. The number of pyridine rings is 2. The highest BCUT2D eigenvalue weighted by atomic mass is 35.5. The number of ether oxygens (including phenoxy) is 4. The number of nitrogens with one attached hydrogen (secondary N) is 1. The van der Waals surface area contributed by atoms with Gasteiger partial charge in [0.1, 0.15) is 49.4 Å². The van der Waals surface area contributed by atoms with E-state index in [9.17, 15) is 19.8 Å². The third-order valence-electron chi connectivity index (χ3n) is 15.9. The van der Waals surface area contributed by atoms with Crippen LogP contribution in [0.2, 0.25) is 20.1 Å². The zero-order valence-electron chi connectivity index (χ0n) is 47.0. The van der Waals surface area contributed by atoms with Crippen LogP contribution in [0.4, 0.5) is 0 Å². The molecule has 10 rings (SSSR count). The van der Waals surface area contributed by atoms with E-state index in [4.69, 9.17) is 70.8 Å². The molecule has 0 bridgehead atoms. The number of halogens is 4.